The lowest BCUT2D eigenvalue weighted by molar-refractivity contribution is 0.143. The zero-order valence-corrected chi connectivity index (χ0v) is 13.0. The SMILES string of the molecule is CCCNc1ncc(Cl)c(N2CCCC(COC)C2)n1. The first-order valence-corrected chi connectivity index (χ1v) is 7.62. The minimum atomic E-state index is 0.548. The van der Waals surface area contributed by atoms with Crippen LogP contribution in [0.5, 0.6) is 0 Å². The summed E-state index contributed by atoms with van der Waals surface area (Å²) >= 11 is 6.26. The summed E-state index contributed by atoms with van der Waals surface area (Å²) in [6.07, 6.45) is 5.07. The van der Waals surface area contributed by atoms with Crippen molar-refractivity contribution >= 4 is 23.4 Å². The summed E-state index contributed by atoms with van der Waals surface area (Å²) in [5.74, 6) is 2.04. The summed E-state index contributed by atoms with van der Waals surface area (Å²) in [6.45, 7) is 5.71. The van der Waals surface area contributed by atoms with Crippen molar-refractivity contribution in [1.82, 2.24) is 9.97 Å². The van der Waals surface area contributed by atoms with Gasteiger partial charge in [0, 0.05) is 26.7 Å². The average molecular weight is 299 g/mol. The van der Waals surface area contributed by atoms with E-state index in [9.17, 15) is 0 Å². The van der Waals surface area contributed by atoms with Crippen LogP contribution in [0.25, 0.3) is 0 Å². The molecule has 0 aromatic carbocycles. The van der Waals surface area contributed by atoms with Gasteiger partial charge in [-0.15, -0.1) is 0 Å². The molecule has 0 saturated carbocycles. The first-order valence-electron chi connectivity index (χ1n) is 7.25. The van der Waals surface area contributed by atoms with Gasteiger partial charge in [-0.2, -0.15) is 4.98 Å². The molecule has 2 rings (SSSR count). The molecule has 1 N–H and O–H groups in total. The van der Waals surface area contributed by atoms with Crippen LogP contribution in [0.1, 0.15) is 26.2 Å². The predicted molar refractivity (Wildman–Crippen MR) is 82.6 cm³/mol. The smallest absolute Gasteiger partial charge is 0.224 e. The third-order valence-electron chi connectivity index (χ3n) is 3.48. The number of aromatic nitrogens is 2. The summed E-state index contributed by atoms with van der Waals surface area (Å²) in [5.41, 5.74) is 0. The molecule has 6 heteroatoms. The van der Waals surface area contributed by atoms with Crippen molar-refractivity contribution in [2.45, 2.75) is 26.2 Å². The lowest BCUT2D eigenvalue weighted by atomic mass is 9.99. The number of hydrogen-bond donors (Lipinski definition) is 1. The molecule has 0 bridgehead atoms. The lowest BCUT2D eigenvalue weighted by Crippen LogP contribution is -2.37. The summed E-state index contributed by atoms with van der Waals surface area (Å²) in [4.78, 5) is 11.0. The third-order valence-corrected chi connectivity index (χ3v) is 3.75. The Labute approximate surface area is 125 Å². The van der Waals surface area contributed by atoms with Crippen molar-refractivity contribution < 1.29 is 4.74 Å². The molecule has 1 aliphatic rings. The molecular weight excluding hydrogens is 276 g/mol. The zero-order valence-electron chi connectivity index (χ0n) is 12.2. The molecule has 1 atom stereocenters. The molecule has 1 aromatic heterocycles. The fraction of sp³-hybridized carbons (Fsp3) is 0.714. The van der Waals surface area contributed by atoms with Crippen LogP contribution in [-0.4, -0.2) is 43.3 Å². The largest absolute Gasteiger partial charge is 0.384 e. The van der Waals surface area contributed by atoms with E-state index in [1.54, 1.807) is 13.3 Å². The highest BCUT2D eigenvalue weighted by molar-refractivity contribution is 6.32. The molecule has 1 fully saturated rings. The van der Waals surface area contributed by atoms with Gasteiger partial charge in [-0.3, -0.25) is 0 Å². The molecular formula is C14H23ClN4O. The molecule has 1 aliphatic heterocycles. The number of ether oxygens (including phenoxy) is 1. The van der Waals surface area contributed by atoms with E-state index in [0.717, 1.165) is 44.9 Å². The maximum atomic E-state index is 6.26. The molecule has 1 saturated heterocycles. The van der Waals surface area contributed by atoms with Crippen LogP contribution in [0.4, 0.5) is 11.8 Å². The molecule has 1 unspecified atom stereocenters. The van der Waals surface area contributed by atoms with Crippen LogP contribution < -0.4 is 10.2 Å². The summed E-state index contributed by atoms with van der Waals surface area (Å²) in [7, 11) is 1.75. The second-order valence-corrected chi connectivity index (χ2v) is 5.61. The summed E-state index contributed by atoms with van der Waals surface area (Å²) in [6, 6.07) is 0. The van der Waals surface area contributed by atoms with Gasteiger partial charge >= 0.3 is 0 Å². The van der Waals surface area contributed by atoms with E-state index in [1.807, 2.05) is 0 Å². The van der Waals surface area contributed by atoms with Gasteiger partial charge in [-0.05, 0) is 25.2 Å². The van der Waals surface area contributed by atoms with Crippen molar-refractivity contribution in [2.75, 3.05) is 43.6 Å². The number of rotatable bonds is 6. The van der Waals surface area contributed by atoms with Crippen molar-refractivity contribution in [3.05, 3.63) is 11.2 Å². The van der Waals surface area contributed by atoms with Gasteiger partial charge in [-0.1, -0.05) is 18.5 Å². The predicted octanol–water partition coefficient (Wildman–Crippen LogP) is 2.81. The molecule has 20 heavy (non-hydrogen) atoms. The normalized spacial score (nSPS) is 19.1. The van der Waals surface area contributed by atoms with E-state index in [-0.39, 0.29) is 0 Å². The second-order valence-electron chi connectivity index (χ2n) is 5.20. The van der Waals surface area contributed by atoms with Crippen LogP contribution >= 0.6 is 11.6 Å². The second kappa shape index (κ2) is 7.64. The number of methoxy groups -OCH3 is 1. The van der Waals surface area contributed by atoms with Crippen LogP contribution in [0.15, 0.2) is 6.20 Å². The van der Waals surface area contributed by atoms with Gasteiger partial charge in [0.15, 0.2) is 5.82 Å². The van der Waals surface area contributed by atoms with Gasteiger partial charge in [0.1, 0.15) is 5.02 Å². The summed E-state index contributed by atoms with van der Waals surface area (Å²) in [5, 5.41) is 3.82. The van der Waals surface area contributed by atoms with Gasteiger partial charge < -0.3 is 15.0 Å². The number of piperidine rings is 1. The first-order chi connectivity index (χ1) is 9.74. The Bertz CT molecular complexity index is 428. The van der Waals surface area contributed by atoms with E-state index in [2.05, 4.69) is 27.1 Å². The van der Waals surface area contributed by atoms with E-state index >= 15 is 0 Å². The van der Waals surface area contributed by atoms with Crippen molar-refractivity contribution in [1.29, 1.82) is 0 Å². The fourth-order valence-electron chi connectivity index (χ4n) is 2.53. The molecule has 0 aliphatic carbocycles. The Morgan fingerprint density at radius 3 is 3.15 bits per heavy atom. The van der Waals surface area contributed by atoms with Gasteiger partial charge in [0.05, 0.1) is 12.8 Å². The molecule has 2 heterocycles. The van der Waals surface area contributed by atoms with E-state index in [1.165, 1.54) is 6.42 Å². The molecule has 5 nitrogen and oxygen atoms in total. The first kappa shape index (κ1) is 15.3. The minimum absolute atomic E-state index is 0.548. The van der Waals surface area contributed by atoms with Crippen molar-refractivity contribution in [2.24, 2.45) is 5.92 Å². The van der Waals surface area contributed by atoms with Gasteiger partial charge in [0.2, 0.25) is 5.95 Å². The molecule has 0 amide bonds. The van der Waals surface area contributed by atoms with E-state index in [4.69, 9.17) is 16.3 Å². The Kier molecular flexibility index (Phi) is 5.86. The monoisotopic (exact) mass is 298 g/mol. The topological polar surface area (TPSA) is 50.3 Å². The zero-order chi connectivity index (χ0) is 14.4. The molecule has 1 aromatic rings. The number of nitrogens with one attached hydrogen (secondary N) is 1. The van der Waals surface area contributed by atoms with Crippen LogP contribution in [0.2, 0.25) is 5.02 Å². The van der Waals surface area contributed by atoms with Crippen molar-refractivity contribution in [3.63, 3.8) is 0 Å². The molecule has 0 radical (unpaired) electrons. The number of anilines is 2. The average Bonchev–Trinajstić information content (AvgIpc) is 2.47. The van der Waals surface area contributed by atoms with Crippen LogP contribution in [0.3, 0.4) is 0 Å². The Morgan fingerprint density at radius 2 is 2.40 bits per heavy atom. The Hall–Kier alpha value is -1.07. The highest BCUT2D eigenvalue weighted by atomic mass is 35.5. The van der Waals surface area contributed by atoms with E-state index < -0.39 is 0 Å². The van der Waals surface area contributed by atoms with Crippen molar-refractivity contribution in [3.8, 4) is 0 Å². The highest BCUT2D eigenvalue weighted by Gasteiger charge is 2.23. The number of nitrogens with zero attached hydrogens (tertiary/aromatic N) is 3. The van der Waals surface area contributed by atoms with Crippen LogP contribution in [-0.2, 0) is 4.74 Å². The maximum absolute atomic E-state index is 6.26. The van der Waals surface area contributed by atoms with Gasteiger partial charge in [0.25, 0.3) is 0 Å². The minimum Gasteiger partial charge on any atom is -0.384 e. The maximum Gasteiger partial charge on any atom is 0.224 e. The lowest BCUT2D eigenvalue weighted by Gasteiger charge is -2.33. The highest BCUT2D eigenvalue weighted by Crippen LogP contribution is 2.28. The molecule has 0 spiro atoms. The molecule has 112 valence electrons. The number of hydrogen-bond acceptors (Lipinski definition) is 5. The quantitative estimate of drug-likeness (QED) is 0.875. The fourth-order valence-corrected chi connectivity index (χ4v) is 2.74. The Morgan fingerprint density at radius 1 is 1.55 bits per heavy atom. The van der Waals surface area contributed by atoms with E-state index in [0.29, 0.717) is 16.9 Å². The van der Waals surface area contributed by atoms with Gasteiger partial charge in [-0.25, -0.2) is 4.98 Å². The van der Waals surface area contributed by atoms with Crippen LogP contribution in [0, 0.1) is 5.92 Å². The number of halogens is 1. The standard InChI is InChI=1S/C14H23ClN4O/c1-3-6-16-14-17-8-12(15)13(18-14)19-7-4-5-11(9-19)10-20-2/h8,11H,3-7,9-10H2,1-2H3,(H,16,17,18). The Balaban J connectivity index is 2.09. The summed E-state index contributed by atoms with van der Waals surface area (Å²) < 4.78 is 5.27. The third kappa shape index (κ3) is 3.96.